The Hall–Kier alpha value is -1.14. The van der Waals surface area contributed by atoms with Crippen LogP contribution in [0.25, 0.3) is 0 Å². The van der Waals surface area contributed by atoms with E-state index in [1.807, 2.05) is 0 Å². The first-order valence-electron chi connectivity index (χ1n) is 6.94. The Bertz CT molecular complexity index is 520. The van der Waals surface area contributed by atoms with Gasteiger partial charge in [-0.3, -0.25) is 14.1 Å². The summed E-state index contributed by atoms with van der Waals surface area (Å²) in [7, 11) is -1.92. The van der Waals surface area contributed by atoms with Crippen molar-refractivity contribution < 1.29 is 18.3 Å². The summed E-state index contributed by atoms with van der Waals surface area (Å²) in [6.07, 6.45) is -0.526. The quantitative estimate of drug-likeness (QED) is 0.572. The highest BCUT2D eigenvalue weighted by molar-refractivity contribution is 7.81. The third-order valence-electron chi connectivity index (χ3n) is 2.29. The molecular formula is C14H23N2O4PS. The Labute approximate surface area is 137 Å². The maximum Gasteiger partial charge on any atom is 0.434 e. The molecule has 0 heterocycles. The molecule has 0 radical (unpaired) electrons. The predicted molar refractivity (Wildman–Crippen MR) is 92.4 cm³/mol. The summed E-state index contributed by atoms with van der Waals surface area (Å²) in [5.41, 5.74) is 0.735. The molecule has 0 atom stereocenters. The van der Waals surface area contributed by atoms with Crippen molar-refractivity contribution in [3.8, 4) is 5.75 Å². The van der Waals surface area contributed by atoms with E-state index in [0.29, 0.717) is 0 Å². The second-order valence-electron chi connectivity index (χ2n) is 5.10. The van der Waals surface area contributed by atoms with E-state index in [4.69, 9.17) is 26.0 Å². The number of methoxy groups -OCH3 is 1. The summed E-state index contributed by atoms with van der Waals surface area (Å²) in [5.74, 6) is 0.737. The summed E-state index contributed by atoms with van der Waals surface area (Å²) >= 11 is 5.17. The highest BCUT2D eigenvalue weighted by atomic mass is 32.1. The summed E-state index contributed by atoms with van der Waals surface area (Å²) in [5, 5.41) is 5.72. The second kappa shape index (κ2) is 8.48. The van der Waals surface area contributed by atoms with Gasteiger partial charge in [-0.25, -0.2) is 4.57 Å². The zero-order valence-electron chi connectivity index (χ0n) is 13.5. The summed E-state index contributed by atoms with van der Waals surface area (Å²) in [6, 6.07) is 7.17. The van der Waals surface area contributed by atoms with Crippen LogP contribution in [-0.2, 0) is 13.6 Å². The van der Waals surface area contributed by atoms with Crippen LogP contribution < -0.4 is 15.1 Å². The molecule has 2 N–H and O–H groups in total. The van der Waals surface area contributed by atoms with Gasteiger partial charge in [-0.05, 0) is 64.2 Å². The third-order valence-corrected chi connectivity index (χ3v) is 4.54. The Balaban J connectivity index is 2.71. The topological polar surface area (TPSA) is 68.8 Å². The van der Waals surface area contributed by atoms with Gasteiger partial charge in [0.2, 0.25) is 0 Å². The third kappa shape index (κ3) is 6.75. The van der Waals surface area contributed by atoms with Crippen molar-refractivity contribution in [3.05, 3.63) is 24.3 Å². The van der Waals surface area contributed by atoms with Crippen molar-refractivity contribution in [1.82, 2.24) is 5.09 Å². The smallest absolute Gasteiger partial charge is 0.434 e. The van der Waals surface area contributed by atoms with Gasteiger partial charge in [-0.2, -0.15) is 0 Å². The number of nitrogens with one attached hydrogen (secondary N) is 2. The number of ether oxygens (including phenoxy) is 1. The molecule has 0 unspecified atom stereocenters. The fourth-order valence-electron chi connectivity index (χ4n) is 1.59. The molecule has 0 fully saturated rings. The van der Waals surface area contributed by atoms with Crippen molar-refractivity contribution >= 4 is 30.8 Å². The first kappa shape index (κ1) is 18.9. The predicted octanol–water partition coefficient (Wildman–Crippen LogP) is 3.94. The number of hydrogen-bond donors (Lipinski definition) is 2. The lowest BCUT2D eigenvalue weighted by Gasteiger charge is -2.24. The fraction of sp³-hybridized carbons (Fsp3) is 0.500. The highest BCUT2D eigenvalue weighted by Gasteiger charge is 2.29. The molecule has 22 heavy (non-hydrogen) atoms. The van der Waals surface area contributed by atoms with Gasteiger partial charge in [0.25, 0.3) is 0 Å². The van der Waals surface area contributed by atoms with Crippen LogP contribution in [0.15, 0.2) is 24.3 Å². The maximum absolute atomic E-state index is 12.6. The van der Waals surface area contributed by atoms with E-state index in [9.17, 15) is 4.57 Å². The number of thiocarbonyl (C=S) groups is 1. The van der Waals surface area contributed by atoms with E-state index >= 15 is 0 Å². The number of benzene rings is 1. The minimum Gasteiger partial charge on any atom is -0.497 e. The lowest BCUT2D eigenvalue weighted by molar-refractivity contribution is 0.139. The molecule has 0 amide bonds. The monoisotopic (exact) mass is 346 g/mol. The van der Waals surface area contributed by atoms with Gasteiger partial charge in [0, 0.05) is 5.69 Å². The molecule has 8 heteroatoms. The van der Waals surface area contributed by atoms with E-state index < -0.39 is 7.75 Å². The van der Waals surface area contributed by atoms with Gasteiger partial charge in [0.05, 0.1) is 19.3 Å². The number of anilines is 1. The van der Waals surface area contributed by atoms with E-state index in [1.165, 1.54) is 0 Å². The van der Waals surface area contributed by atoms with Crippen molar-refractivity contribution in [2.75, 3.05) is 12.4 Å². The Morgan fingerprint density at radius 3 is 2.00 bits per heavy atom. The summed E-state index contributed by atoms with van der Waals surface area (Å²) in [6.45, 7) is 7.10. The lowest BCUT2D eigenvalue weighted by atomic mass is 10.3. The molecule has 0 spiro atoms. The van der Waals surface area contributed by atoms with Crippen LogP contribution in [-0.4, -0.2) is 24.4 Å². The fourth-order valence-corrected chi connectivity index (χ4v) is 3.61. The molecule has 0 saturated heterocycles. The first-order valence-corrected chi connectivity index (χ1v) is 8.89. The standard InChI is InChI=1S/C14H23N2O4PS/c1-10(2)19-21(17,20-11(3)4)16-14(22)15-12-6-8-13(18-5)9-7-12/h6-11H,1-5H3,(H2,15,16,17,22). The molecule has 0 bridgehead atoms. The van der Waals surface area contributed by atoms with Crippen LogP contribution >= 0.6 is 20.0 Å². The molecule has 0 aliphatic heterocycles. The molecular weight excluding hydrogens is 323 g/mol. The molecule has 1 aromatic carbocycles. The SMILES string of the molecule is COc1ccc(NC(=S)NP(=O)(OC(C)C)OC(C)C)cc1. The lowest BCUT2D eigenvalue weighted by Crippen LogP contribution is -2.29. The van der Waals surface area contributed by atoms with Crippen molar-refractivity contribution in [3.63, 3.8) is 0 Å². The van der Waals surface area contributed by atoms with Gasteiger partial charge in [-0.15, -0.1) is 0 Å². The van der Waals surface area contributed by atoms with Crippen LogP contribution in [0.3, 0.4) is 0 Å². The Morgan fingerprint density at radius 2 is 1.59 bits per heavy atom. The largest absolute Gasteiger partial charge is 0.497 e. The zero-order valence-corrected chi connectivity index (χ0v) is 15.2. The molecule has 0 saturated carbocycles. The van der Waals surface area contributed by atoms with Crippen molar-refractivity contribution in [2.24, 2.45) is 0 Å². The Kier molecular flexibility index (Phi) is 7.29. The van der Waals surface area contributed by atoms with Crippen molar-refractivity contribution in [2.45, 2.75) is 39.9 Å². The van der Waals surface area contributed by atoms with Crippen LogP contribution in [0.1, 0.15) is 27.7 Å². The molecule has 6 nitrogen and oxygen atoms in total. The van der Waals surface area contributed by atoms with E-state index in [-0.39, 0.29) is 17.3 Å². The summed E-state index contributed by atoms with van der Waals surface area (Å²) in [4.78, 5) is 0. The first-order chi connectivity index (χ1) is 10.2. The van der Waals surface area contributed by atoms with E-state index in [2.05, 4.69) is 10.4 Å². The van der Waals surface area contributed by atoms with Crippen LogP contribution in [0.4, 0.5) is 5.69 Å². The van der Waals surface area contributed by atoms with Gasteiger partial charge in [0.1, 0.15) is 5.75 Å². The van der Waals surface area contributed by atoms with Crippen LogP contribution in [0, 0.1) is 0 Å². The van der Waals surface area contributed by atoms with Gasteiger partial charge >= 0.3 is 7.75 Å². The molecule has 1 aromatic rings. The average molecular weight is 346 g/mol. The van der Waals surface area contributed by atoms with Gasteiger partial charge < -0.3 is 10.1 Å². The Morgan fingerprint density at radius 1 is 1.09 bits per heavy atom. The minimum absolute atomic E-state index is 0.162. The zero-order chi connectivity index (χ0) is 16.8. The van der Waals surface area contributed by atoms with Crippen LogP contribution in [0.5, 0.6) is 5.75 Å². The molecule has 1 rings (SSSR count). The number of rotatable bonds is 7. The normalized spacial score (nSPS) is 11.6. The van der Waals surface area contributed by atoms with E-state index in [0.717, 1.165) is 11.4 Å². The maximum atomic E-state index is 12.6. The molecule has 124 valence electrons. The minimum atomic E-state index is -3.52. The van der Waals surface area contributed by atoms with Crippen LogP contribution in [0.2, 0.25) is 0 Å². The molecule has 0 aliphatic carbocycles. The summed E-state index contributed by atoms with van der Waals surface area (Å²) < 4.78 is 28.4. The average Bonchev–Trinajstić information content (AvgIpc) is 2.36. The van der Waals surface area contributed by atoms with Gasteiger partial charge in [-0.1, -0.05) is 0 Å². The highest BCUT2D eigenvalue weighted by Crippen LogP contribution is 2.46. The second-order valence-corrected chi connectivity index (χ2v) is 7.15. The molecule has 0 aliphatic rings. The van der Waals surface area contributed by atoms with Gasteiger partial charge in [0.15, 0.2) is 5.11 Å². The van der Waals surface area contributed by atoms with Crippen molar-refractivity contribution in [1.29, 1.82) is 0 Å². The number of hydrogen-bond acceptors (Lipinski definition) is 5. The molecule has 0 aromatic heterocycles. The van der Waals surface area contributed by atoms with E-state index in [1.54, 1.807) is 59.1 Å².